The number of hydrogen-bond acceptors (Lipinski definition) is 6. The molecule has 4 aromatic rings. The Kier molecular flexibility index (Phi) is 4.41. The number of rotatable bonds is 5. The zero-order valence-corrected chi connectivity index (χ0v) is 15.3. The summed E-state index contributed by atoms with van der Waals surface area (Å²) in [6, 6.07) is 14.7. The molecule has 2 aromatic carbocycles. The van der Waals surface area contributed by atoms with Gasteiger partial charge in [-0.2, -0.15) is 0 Å². The molecular weight excluding hydrogens is 356 g/mol. The van der Waals surface area contributed by atoms with Crippen molar-refractivity contribution in [3.63, 3.8) is 0 Å². The van der Waals surface area contributed by atoms with E-state index in [1.54, 1.807) is 11.7 Å². The minimum atomic E-state index is -0.570. The maximum atomic E-state index is 12.7. The van der Waals surface area contributed by atoms with Crippen molar-refractivity contribution < 1.29 is 14.3 Å². The van der Waals surface area contributed by atoms with Gasteiger partial charge in [0.15, 0.2) is 5.65 Å². The van der Waals surface area contributed by atoms with Crippen LogP contribution in [-0.4, -0.2) is 34.2 Å². The highest BCUT2D eigenvalue weighted by molar-refractivity contribution is 6.09. The van der Waals surface area contributed by atoms with Crippen LogP contribution in [0.3, 0.4) is 0 Å². The molecule has 28 heavy (non-hydrogen) atoms. The van der Waals surface area contributed by atoms with Crippen molar-refractivity contribution in [2.75, 3.05) is 19.5 Å². The lowest BCUT2D eigenvalue weighted by Gasteiger charge is -2.09. The number of para-hydroxylation sites is 2. The number of hydrogen-bond donors (Lipinski definition) is 1. The van der Waals surface area contributed by atoms with Gasteiger partial charge in [-0.05, 0) is 36.4 Å². The van der Waals surface area contributed by atoms with Crippen molar-refractivity contribution in [2.45, 2.75) is 0 Å². The average molecular weight is 374 g/mol. The predicted octanol–water partition coefficient (Wildman–Crippen LogP) is 3.51. The van der Waals surface area contributed by atoms with Crippen LogP contribution in [0, 0.1) is 0 Å². The minimum Gasteiger partial charge on any atom is -0.497 e. The Morgan fingerprint density at radius 2 is 1.82 bits per heavy atom. The molecule has 0 saturated carbocycles. The Hall–Kier alpha value is -3.87. The van der Waals surface area contributed by atoms with Crippen LogP contribution in [-0.2, 0) is 4.74 Å². The van der Waals surface area contributed by atoms with E-state index in [-0.39, 0.29) is 18.0 Å². The summed E-state index contributed by atoms with van der Waals surface area (Å²) in [4.78, 5) is 22.0. The van der Waals surface area contributed by atoms with Crippen LogP contribution in [0.15, 0.2) is 61.2 Å². The number of anilines is 1. The number of esters is 1. The molecule has 0 radical (unpaired) electrons. The largest absolute Gasteiger partial charge is 0.497 e. The minimum absolute atomic E-state index is 0.0779. The van der Waals surface area contributed by atoms with E-state index in [4.69, 9.17) is 20.2 Å². The highest BCUT2D eigenvalue weighted by Gasteiger charge is 2.25. The van der Waals surface area contributed by atoms with Crippen LogP contribution in [0.2, 0.25) is 0 Å². The van der Waals surface area contributed by atoms with Crippen LogP contribution < -0.4 is 10.5 Å². The fourth-order valence-electron chi connectivity index (χ4n) is 3.06. The third-order valence-corrected chi connectivity index (χ3v) is 4.36. The Balaban J connectivity index is 2.01. The molecule has 2 heterocycles. The molecule has 0 aliphatic rings. The summed E-state index contributed by atoms with van der Waals surface area (Å²) in [6.07, 6.45) is 1.50. The number of methoxy groups -OCH3 is 1. The second-order valence-corrected chi connectivity index (χ2v) is 6.07. The number of nitrogens with two attached hydrogens (primary N) is 1. The molecule has 4 rings (SSSR count). The summed E-state index contributed by atoms with van der Waals surface area (Å²) >= 11 is 0. The molecule has 0 spiro atoms. The highest BCUT2D eigenvalue weighted by Crippen LogP contribution is 2.32. The number of nitrogens with zero attached hydrogens (tertiary/aromatic N) is 3. The van der Waals surface area contributed by atoms with E-state index in [2.05, 4.69) is 11.6 Å². The van der Waals surface area contributed by atoms with Crippen molar-refractivity contribution in [1.82, 2.24) is 14.5 Å². The van der Waals surface area contributed by atoms with E-state index in [0.717, 1.165) is 5.69 Å². The predicted molar refractivity (Wildman–Crippen MR) is 108 cm³/mol. The van der Waals surface area contributed by atoms with Crippen molar-refractivity contribution >= 4 is 34.0 Å². The first kappa shape index (κ1) is 17.5. The van der Waals surface area contributed by atoms with Crippen molar-refractivity contribution in [3.05, 3.63) is 66.7 Å². The van der Waals surface area contributed by atoms with Gasteiger partial charge >= 0.3 is 5.97 Å². The average Bonchev–Trinajstić information content (AvgIpc) is 3.01. The monoisotopic (exact) mass is 374 g/mol. The van der Waals surface area contributed by atoms with Gasteiger partial charge in [0.2, 0.25) is 0 Å². The van der Waals surface area contributed by atoms with E-state index < -0.39 is 5.97 Å². The van der Waals surface area contributed by atoms with Crippen molar-refractivity contribution in [3.8, 4) is 11.4 Å². The van der Waals surface area contributed by atoms with Gasteiger partial charge in [-0.3, -0.25) is 4.57 Å². The first-order valence-corrected chi connectivity index (χ1v) is 8.63. The third-order valence-electron chi connectivity index (χ3n) is 4.36. The number of benzene rings is 2. The molecule has 2 N–H and O–H groups in total. The number of carbonyl (C=O) groups is 1. The van der Waals surface area contributed by atoms with Crippen LogP contribution in [0.4, 0.5) is 5.82 Å². The molecule has 7 heteroatoms. The van der Waals surface area contributed by atoms with Gasteiger partial charge < -0.3 is 15.2 Å². The summed E-state index contributed by atoms with van der Waals surface area (Å²) in [5, 5.41) is 0. The maximum Gasteiger partial charge on any atom is 0.344 e. The molecule has 0 saturated heterocycles. The van der Waals surface area contributed by atoms with Gasteiger partial charge in [0.05, 0.1) is 18.1 Å². The van der Waals surface area contributed by atoms with Crippen LogP contribution in [0.25, 0.3) is 27.9 Å². The quantitative estimate of drug-likeness (QED) is 0.424. The van der Waals surface area contributed by atoms with Gasteiger partial charge in [0, 0.05) is 5.69 Å². The van der Waals surface area contributed by atoms with Gasteiger partial charge in [0.25, 0.3) is 0 Å². The Bertz CT molecular complexity index is 1200. The molecular formula is C21H18N4O3. The fourth-order valence-corrected chi connectivity index (χ4v) is 3.06. The zero-order valence-electron chi connectivity index (χ0n) is 15.3. The van der Waals surface area contributed by atoms with Crippen molar-refractivity contribution in [2.24, 2.45) is 0 Å². The SMILES string of the molecule is C=CCOC(=O)c1c(N)n(-c2ccc(OC)cc2)c2nc3ccccc3nc12. The summed E-state index contributed by atoms with van der Waals surface area (Å²) in [7, 11) is 1.60. The lowest BCUT2D eigenvalue weighted by molar-refractivity contribution is 0.0553. The van der Waals surface area contributed by atoms with Gasteiger partial charge in [-0.15, -0.1) is 0 Å². The molecule has 0 amide bonds. The Morgan fingerprint density at radius 3 is 2.46 bits per heavy atom. The molecule has 140 valence electrons. The maximum absolute atomic E-state index is 12.7. The highest BCUT2D eigenvalue weighted by atomic mass is 16.5. The van der Waals surface area contributed by atoms with Crippen LogP contribution >= 0.6 is 0 Å². The number of fused-ring (bicyclic) bond motifs is 2. The van der Waals surface area contributed by atoms with Gasteiger partial charge in [-0.25, -0.2) is 14.8 Å². The number of carbonyl (C=O) groups excluding carboxylic acids is 1. The second-order valence-electron chi connectivity index (χ2n) is 6.07. The summed E-state index contributed by atoms with van der Waals surface area (Å²) < 4.78 is 12.1. The number of nitrogen functional groups attached to an aromatic ring is 1. The molecule has 0 unspecified atom stereocenters. The Morgan fingerprint density at radius 1 is 1.14 bits per heavy atom. The standard InChI is InChI=1S/C21H18N4O3/c1-3-12-28-21(26)17-18-20(24-16-7-5-4-6-15(16)23-18)25(19(17)22)13-8-10-14(27-2)11-9-13/h3-11H,1,12,22H2,2H3. The Labute approximate surface area is 161 Å². The number of aromatic nitrogens is 3. The van der Waals surface area contributed by atoms with E-state index in [9.17, 15) is 4.79 Å². The molecule has 0 atom stereocenters. The second kappa shape index (κ2) is 7.03. The topological polar surface area (TPSA) is 92.3 Å². The summed E-state index contributed by atoms with van der Waals surface area (Å²) in [6.45, 7) is 3.65. The molecule has 2 aromatic heterocycles. The molecule has 0 aliphatic carbocycles. The van der Waals surface area contributed by atoms with E-state index >= 15 is 0 Å². The van der Waals surface area contributed by atoms with E-state index in [1.165, 1.54) is 6.08 Å². The third kappa shape index (κ3) is 2.83. The molecule has 0 aliphatic heterocycles. The summed E-state index contributed by atoms with van der Waals surface area (Å²) in [5.74, 6) is 0.352. The van der Waals surface area contributed by atoms with Gasteiger partial charge in [-0.1, -0.05) is 24.8 Å². The van der Waals surface area contributed by atoms with Gasteiger partial charge in [0.1, 0.15) is 29.3 Å². The molecule has 7 nitrogen and oxygen atoms in total. The lowest BCUT2D eigenvalue weighted by atomic mass is 10.2. The zero-order chi connectivity index (χ0) is 19.7. The normalized spacial score (nSPS) is 10.9. The first-order chi connectivity index (χ1) is 13.6. The van der Waals surface area contributed by atoms with E-state index in [1.807, 2.05) is 48.5 Å². The van der Waals surface area contributed by atoms with E-state index in [0.29, 0.717) is 27.9 Å². The smallest absolute Gasteiger partial charge is 0.344 e. The fraction of sp³-hybridized carbons (Fsp3) is 0.0952. The van der Waals surface area contributed by atoms with Crippen LogP contribution in [0.5, 0.6) is 5.75 Å². The van der Waals surface area contributed by atoms with Crippen molar-refractivity contribution in [1.29, 1.82) is 0 Å². The number of ether oxygens (including phenoxy) is 2. The van der Waals surface area contributed by atoms with Crippen LogP contribution in [0.1, 0.15) is 10.4 Å². The molecule has 0 fully saturated rings. The first-order valence-electron chi connectivity index (χ1n) is 8.63. The lowest BCUT2D eigenvalue weighted by Crippen LogP contribution is -2.09. The summed E-state index contributed by atoms with van der Waals surface area (Å²) in [5.41, 5.74) is 9.53. The molecule has 0 bridgehead atoms.